The van der Waals surface area contributed by atoms with Crippen LogP contribution in [-0.4, -0.2) is 24.7 Å². The maximum absolute atomic E-state index is 12.0. The number of ether oxygens (including phenoxy) is 1. The van der Waals surface area contributed by atoms with E-state index in [2.05, 4.69) is 21.2 Å². The highest BCUT2D eigenvalue weighted by atomic mass is 79.9. The Kier molecular flexibility index (Phi) is 6.26. The molecule has 4 nitrogen and oxygen atoms in total. The predicted molar refractivity (Wildman–Crippen MR) is 81.7 cm³/mol. The van der Waals surface area contributed by atoms with Gasteiger partial charge in [-0.1, -0.05) is 15.9 Å². The summed E-state index contributed by atoms with van der Waals surface area (Å²) in [5.74, 6) is -0.0867. The topological polar surface area (TPSA) is 64.4 Å². The van der Waals surface area contributed by atoms with Crippen LogP contribution in [0.15, 0.2) is 22.7 Å². The van der Waals surface area contributed by atoms with Gasteiger partial charge in [-0.2, -0.15) is 0 Å². The molecule has 1 amide bonds. The van der Waals surface area contributed by atoms with Gasteiger partial charge in [0.1, 0.15) is 6.10 Å². The average molecular weight is 350 g/mol. The highest BCUT2D eigenvalue weighted by molar-refractivity contribution is 9.10. The van der Waals surface area contributed by atoms with Crippen LogP contribution in [-0.2, 0) is 9.53 Å². The highest BCUT2D eigenvalue weighted by Gasteiger charge is 2.29. The lowest BCUT2D eigenvalue weighted by atomic mass is 10.1. The number of hydrogen-bond acceptors (Lipinski definition) is 3. The zero-order valence-electron chi connectivity index (χ0n) is 10.7. The molecule has 106 valence electrons. The van der Waals surface area contributed by atoms with E-state index in [9.17, 15) is 4.79 Å². The quantitative estimate of drug-likeness (QED) is 0.881. The van der Waals surface area contributed by atoms with Crippen LogP contribution in [0.1, 0.15) is 18.4 Å². The molecule has 1 aromatic carbocycles. The Balaban J connectivity index is 0.00000180. The molecule has 1 heterocycles. The molecule has 0 aromatic heterocycles. The Hall–Kier alpha value is -0.620. The van der Waals surface area contributed by atoms with E-state index in [0.717, 1.165) is 28.6 Å². The van der Waals surface area contributed by atoms with Gasteiger partial charge in [0.25, 0.3) is 5.91 Å². The van der Waals surface area contributed by atoms with Crippen molar-refractivity contribution in [2.24, 2.45) is 5.73 Å². The largest absolute Gasteiger partial charge is 0.364 e. The van der Waals surface area contributed by atoms with Crippen LogP contribution < -0.4 is 11.1 Å². The second-order valence-corrected chi connectivity index (χ2v) is 5.42. The summed E-state index contributed by atoms with van der Waals surface area (Å²) in [5, 5.41) is 2.90. The third-order valence-corrected chi connectivity index (χ3v) is 3.60. The third-order valence-electron chi connectivity index (χ3n) is 3.11. The van der Waals surface area contributed by atoms with Crippen LogP contribution in [0.3, 0.4) is 0 Å². The van der Waals surface area contributed by atoms with Gasteiger partial charge in [-0.25, -0.2) is 0 Å². The number of benzene rings is 1. The monoisotopic (exact) mass is 348 g/mol. The van der Waals surface area contributed by atoms with Crippen molar-refractivity contribution in [3.05, 3.63) is 28.2 Å². The van der Waals surface area contributed by atoms with Crippen LogP contribution in [0.25, 0.3) is 0 Å². The molecular formula is C13H18BrClN2O2. The molecule has 1 aliphatic heterocycles. The van der Waals surface area contributed by atoms with Gasteiger partial charge in [-0.3, -0.25) is 4.79 Å². The van der Waals surface area contributed by atoms with Gasteiger partial charge in [-0.15, -0.1) is 12.4 Å². The fraction of sp³-hybridized carbons (Fsp3) is 0.462. The molecule has 0 unspecified atom stereocenters. The number of rotatable bonds is 3. The summed E-state index contributed by atoms with van der Waals surface area (Å²) in [6.07, 6.45) is 1.24. The van der Waals surface area contributed by atoms with Crippen LogP contribution >= 0.6 is 28.3 Å². The number of carbonyl (C=O) groups excluding carboxylic acids is 1. The lowest BCUT2D eigenvalue weighted by Gasteiger charge is -2.14. The molecule has 0 radical (unpaired) electrons. The summed E-state index contributed by atoms with van der Waals surface area (Å²) in [6, 6.07) is 5.75. The number of halogens is 2. The van der Waals surface area contributed by atoms with E-state index < -0.39 is 0 Å². The van der Waals surface area contributed by atoms with Crippen molar-refractivity contribution in [3.8, 4) is 0 Å². The molecule has 0 aliphatic carbocycles. The maximum Gasteiger partial charge on any atom is 0.253 e. The summed E-state index contributed by atoms with van der Waals surface area (Å²) < 4.78 is 6.56. The van der Waals surface area contributed by atoms with E-state index in [-0.39, 0.29) is 30.5 Å². The molecule has 0 saturated carbocycles. The fourth-order valence-electron chi connectivity index (χ4n) is 2.05. The lowest BCUT2D eigenvalue weighted by molar-refractivity contribution is -0.126. The number of hydrogen-bond donors (Lipinski definition) is 2. The molecule has 1 aliphatic rings. The van der Waals surface area contributed by atoms with E-state index >= 15 is 0 Å². The third kappa shape index (κ3) is 4.18. The van der Waals surface area contributed by atoms with E-state index in [4.69, 9.17) is 10.5 Å². The number of nitrogens with two attached hydrogens (primary N) is 1. The smallest absolute Gasteiger partial charge is 0.253 e. The van der Waals surface area contributed by atoms with E-state index in [1.807, 2.05) is 25.1 Å². The van der Waals surface area contributed by atoms with Gasteiger partial charge in [0.15, 0.2) is 0 Å². The van der Waals surface area contributed by atoms with Crippen molar-refractivity contribution < 1.29 is 9.53 Å². The van der Waals surface area contributed by atoms with Gasteiger partial charge in [0, 0.05) is 16.7 Å². The summed E-state index contributed by atoms with van der Waals surface area (Å²) in [5.41, 5.74) is 7.37. The van der Waals surface area contributed by atoms with Crippen LogP contribution in [0.5, 0.6) is 0 Å². The minimum Gasteiger partial charge on any atom is -0.364 e. The minimum atomic E-state index is -0.374. The number of carbonyl (C=O) groups is 1. The second-order valence-electron chi connectivity index (χ2n) is 4.51. The van der Waals surface area contributed by atoms with Gasteiger partial charge in [0.2, 0.25) is 0 Å². The van der Waals surface area contributed by atoms with E-state index in [1.165, 1.54) is 0 Å². The summed E-state index contributed by atoms with van der Waals surface area (Å²) in [4.78, 5) is 12.0. The number of aryl methyl sites for hydroxylation is 1. The van der Waals surface area contributed by atoms with Crippen molar-refractivity contribution in [3.63, 3.8) is 0 Å². The van der Waals surface area contributed by atoms with Gasteiger partial charge < -0.3 is 15.8 Å². The fourth-order valence-corrected chi connectivity index (χ4v) is 2.53. The van der Waals surface area contributed by atoms with Crippen LogP contribution in [0.2, 0.25) is 0 Å². The molecule has 6 heteroatoms. The molecule has 0 bridgehead atoms. The first-order valence-electron chi connectivity index (χ1n) is 6.02. The van der Waals surface area contributed by atoms with E-state index in [0.29, 0.717) is 6.54 Å². The number of amides is 1. The molecule has 2 atom stereocenters. The molecule has 3 N–H and O–H groups in total. The Morgan fingerprint density at radius 2 is 2.26 bits per heavy atom. The van der Waals surface area contributed by atoms with Crippen LogP contribution in [0.4, 0.5) is 5.69 Å². The zero-order chi connectivity index (χ0) is 13.1. The number of anilines is 1. The van der Waals surface area contributed by atoms with Gasteiger partial charge >= 0.3 is 0 Å². The maximum atomic E-state index is 12.0. The summed E-state index contributed by atoms with van der Waals surface area (Å²) in [7, 11) is 0. The summed E-state index contributed by atoms with van der Waals surface area (Å²) in [6.45, 7) is 2.43. The first kappa shape index (κ1) is 16.4. The Bertz CT molecular complexity index is 456. The lowest BCUT2D eigenvalue weighted by Crippen LogP contribution is -2.30. The van der Waals surface area contributed by atoms with Gasteiger partial charge in [0.05, 0.1) is 6.10 Å². The normalized spacial score (nSPS) is 21.8. The van der Waals surface area contributed by atoms with Crippen molar-refractivity contribution in [1.82, 2.24) is 0 Å². The molecule has 1 fully saturated rings. The van der Waals surface area contributed by atoms with Crippen molar-refractivity contribution >= 4 is 39.9 Å². The summed E-state index contributed by atoms with van der Waals surface area (Å²) >= 11 is 3.39. The Morgan fingerprint density at radius 3 is 2.84 bits per heavy atom. The SMILES string of the molecule is Cc1cc(Br)ccc1NC(=O)[C@@H]1CC[C@H](CN)O1.Cl. The van der Waals surface area contributed by atoms with Gasteiger partial charge in [-0.05, 0) is 43.5 Å². The zero-order valence-corrected chi connectivity index (χ0v) is 13.1. The van der Waals surface area contributed by atoms with Crippen molar-refractivity contribution in [2.45, 2.75) is 32.0 Å². The Labute approximate surface area is 127 Å². The van der Waals surface area contributed by atoms with Crippen molar-refractivity contribution in [2.75, 3.05) is 11.9 Å². The molecule has 1 aromatic rings. The minimum absolute atomic E-state index is 0. The molecule has 19 heavy (non-hydrogen) atoms. The van der Waals surface area contributed by atoms with E-state index in [1.54, 1.807) is 0 Å². The first-order valence-corrected chi connectivity index (χ1v) is 6.82. The van der Waals surface area contributed by atoms with Crippen LogP contribution in [0, 0.1) is 6.92 Å². The standard InChI is InChI=1S/C13H17BrN2O2.ClH/c1-8-6-9(14)2-4-11(8)16-13(17)12-5-3-10(7-15)18-12;/h2,4,6,10,12H,3,5,7,15H2,1H3,(H,16,17);1H/t10-,12+;/m1./s1. The first-order chi connectivity index (χ1) is 8.60. The molecule has 1 saturated heterocycles. The predicted octanol–water partition coefficient (Wildman–Crippen LogP) is 2.62. The molecular weight excluding hydrogens is 332 g/mol. The Morgan fingerprint density at radius 1 is 1.53 bits per heavy atom. The van der Waals surface area contributed by atoms with Crippen molar-refractivity contribution in [1.29, 1.82) is 0 Å². The number of nitrogens with one attached hydrogen (secondary N) is 1. The molecule has 0 spiro atoms. The average Bonchev–Trinajstić information content (AvgIpc) is 2.81. The molecule has 2 rings (SSSR count). The highest BCUT2D eigenvalue weighted by Crippen LogP contribution is 2.23. The second kappa shape index (κ2) is 7.24.